The monoisotopic (exact) mass is 375 g/mol. The van der Waals surface area contributed by atoms with Crippen LogP contribution in [0.4, 0.5) is 0 Å². The van der Waals surface area contributed by atoms with E-state index in [2.05, 4.69) is 15.9 Å². The van der Waals surface area contributed by atoms with E-state index in [4.69, 9.17) is 10.4 Å². The molecular formula is C20H14BrN3. The van der Waals surface area contributed by atoms with E-state index in [1.165, 1.54) is 0 Å². The number of para-hydroxylation sites is 2. The molecule has 0 aliphatic rings. The Morgan fingerprint density at radius 1 is 0.792 bits per heavy atom. The van der Waals surface area contributed by atoms with Crippen LogP contribution in [0.2, 0.25) is 0 Å². The molecule has 0 saturated heterocycles. The Hall–Kier alpha value is -2.72. The summed E-state index contributed by atoms with van der Waals surface area (Å²) in [7, 11) is 0. The Bertz CT molecular complexity index is 1080. The molecule has 0 aliphatic heterocycles. The Balaban J connectivity index is 2.16. The lowest BCUT2D eigenvalue weighted by atomic mass is 10.1. The molecule has 0 bridgehead atoms. The van der Waals surface area contributed by atoms with E-state index >= 15 is 0 Å². The van der Waals surface area contributed by atoms with Crippen molar-refractivity contribution in [3.63, 3.8) is 0 Å². The first-order valence-electron chi connectivity index (χ1n) is 7.62. The van der Waals surface area contributed by atoms with Crippen molar-refractivity contribution in [1.29, 1.82) is 5.41 Å². The lowest BCUT2D eigenvalue weighted by Crippen LogP contribution is -2.22. The zero-order chi connectivity index (χ0) is 16.5. The van der Waals surface area contributed by atoms with Crippen molar-refractivity contribution in [2.45, 2.75) is 0 Å². The summed E-state index contributed by atoms with van der Waals surface area (Å²) >= 11 is 3.61. The van der Waals surface area contributed by atoms with Gasteiger partial charge in [0.15, 0.2) is 0 Å². The molecule has 0 radical (unpaired) electrons. The molecule has 0 amide bonds. The lowest BCUT2D eigenvalue weighted by Gasteiger charge is -2.16. The molecule has 0 fully saturated rings. The first kappa shape index (κ1) is 14.8. The molecule has 1 aromatic heterocycles. The van der Waals surface area contributed by atoms with Crippen molar-refractivity contribution < 1.29 is 0 Å². The average molecular weight is 376 g/mol. The number of nitrogens with zero attached hydrogens (tertiary/aromatic N) is 2. The maximum atomic E-state index is 8.77. The van der Waals surface area contributed by atoms with E-state index in [9.17, 15) is 0 Å². The van der Waals surface area contributed by atoms with Gasteiger partial charge < -0.3 is 0 Å². The van der Waals surface area contributed by atoms with Crippen molar-refractivity contribution in [2.75, 3.05) is 0 Å². The van der Waals surface area contributed by atoms with Crippen molar-refractivity contribution in [1.82, 2.24) is 9.55 Å². The second kappa shape index (κ2) is 6.06. The van der Waals surface area contributed by atoms with Crippen LogP contribution >= 0.6 is 15.9 Å². The highest BCUT2D eigenvalue weighted by atomic mass is 79.9. The second-order valence-electron chi connectivity index (χ2n) is 5.45. The molecule has 3 nitrogen and oxygen atoms in total. The molecule has 4 rings (SSSR count). The van der Waals surface area contributed by atoms with Crippen molar-refractivity contribution in [2.24, 2.45) is 0 Å². The topological polar surface area (TPSA) is 41.7 Å². The minimum Gasteiger partial charge on any atom is -0.283 e. The number of nitrogens with one attached hydrogen (secondary N) is 1. The minimum absolute atomic E-state index is 0.423. The molecule has 3 aromatic carbocycles. The Labute approximate surface area is 147 Å². The third-order valence-corrected chi connectivity index (χ3v) is 4.62. The summed E-state index contributed by atoms with van der Waals surface area (Å²) in [5.41, 5.74) is 3.13. The molecule has 1 heterocycles. The number of benzene rings is 3. The predicted molar refractivity (Wildman–Crippen MR) is 100 cm³/mol. The third-order valence-electron chi connectivity index (χ3n) is 3.95. The van der Waals surface area contributed by atoms with Gasteiger partial charge in [-0.1, -0.05) is 54.6 Å². The van der Waals surface area contributed by atoms with Gasteiger partial charge in [0.2, 0.25) is 0 Å². The molecule has 4 aromatic rings. The van der Waals surface area contributed by atoms with Gasteiger partial charge in [-0.25, -0.2) is 4.98 Å². The molecule has 0 saturated carbocycles. The van der Waals surface area contributed by atoms with Crippen LogP contribution in [-0.2, 0) is 0 Å². The van der Waals surface area contributed by atoms with E-state index in [1.54, 1.807) is 0 Å². The molecule has 0 aliphatic carbocycles. The van der Waals surface area contributed by atoms with Gasteiger partial charge in [0.05, 0.1) is 11.2 Å². The van der Waals surface area contributed by atoms with Crippen LogP contribution in [-0.4, -0.2) is 9.55 Å². The van der Waals surface area contributed by atoms with Crippen molar-refractivity contribution in [3.05, 3.63) is 88.8 Å². The lowest BCUT2D eigenvalue weighted by molar-refractivity contribution is 0.918. The number of fused-ring (bicyclic) bond motifs is 1. The molecule has 24 heavy (non-hydrogen) atoms. The Kier molecular flexibility index (Phi) is 3.75. The zero-order valence-electron chi connectivity index (χ0n) is 12.8. The Morgan fingerprint density at radius 3 is 2.25 bits per heavy atom. The normalized spacial score (nSPS) is 10.9. The van der Waals surface area contributed by atoms with Gasteiger partial charge in [-0.2, -0.15) is 0 Å². The number of rotatable bonds is 2. The van der Waals surface area contributed by atoms with Gasteiger partial charge in [0.25, 0.3) is 0 Å². The maximum Gasteiger partial charge on any atom is 0.146 e. The highest BCUT2D eigenvalue weighted by Gasteiger charge is 2.13. The van der Waals surface area contributed by atoms with Crippen LogP contribution in [0.1, 0.15) is 0 Å². The summed E-state index contributed by atoms with van der Waals surface area (Å²) in [5.74, 6) is 0.756. The average Bonchev–Trinajstić information content (AvgIpc) is 2.63. The van der Waals surface area contributed by atoms with Crippen molar-refractivity contribution in [3.8, 4) is 17.1 Å². The fourth-order valence-electron chi connectivity index (χ4n) is 2.81. The number of hydrogen-bond acceptors (Lipinski definition) is 2. The molecule has 116 valence electrons. The van der Waals surface area contributed by atoms with Crippen LogP contribution in [0.5, 0.6) is 0 Å². The number of aromatic nitrogens is 2. The molecule has 0 spiro atoms. The molecule has 4 heteroatoms. The smallest absolute Gasteiger partial charge is 0.146 e. The van der Waals surface area contributed by atoms with E-state index in [0.717, 1.165) is 32.5 Å². The summed E-state index contributed by atoms with van der Waals surface area (Å²) in [6.45, 7) is 0. The van der Waals surface area contributed by atoms with Gasteiger partial charge in [-0.3, -0.25) is 9.98 Å². The fourth-order valence-corrected chi connectivity index (χ4v) is 3.27. The zero-order valence-corrected chi connectivity index (χ0v) is 14.4. The summed E-state index contributed by atoms with van der Waals surface area (Å²) in [6, 6.07) is 25.7. The van der Waals surface area contributed by atoms with Gasteiger partial charge in [-0.15, -0.1) is 0 Å². The molecule has 1 N–H and O–H groups in total. The SMILES string of the molecule is N=c1c2ccccc2nc(-c2ccccc2)n1-c1ccccc1Br. The third kappa shape index (κ3) is 2.45. The highest BCUT2D eigenvalue weighted by Crippen LogP contribution is 2.26. The molecular weight excluding hydrogens is 362 g/mol. The van der Waals surface area contributed by atoms with E-state index in [0.29, 0.717) is 5.49 Å². The van der Waals surface area contributed by atoms with Crippen molar-refractivity contribution >= 4 is 26.8 Å². The maximum absolute atomic E-state index is 8.77. The quantitative estimate of drug-likeness (QED) is 0.529. The highest BCUT2D eigenvalue weighted by molar-refractivity contribution is 9.10. The van der Waals surface area contributed by atoms with E-state index in [1.807, 2.05) is 83.4 Å². The number of halogens is 1. The standard InChI is InChI=1S/C20H14BrN3/c21-16-11-5-7-13-18(16)24-19(22)15-10-4-6-12-17(15)23-20(24)14-8-2-1-3-9-14/h1-13,22H. The predicted octanol–water partition coefficient (Wildman–Crippen LogP) is 4.93. The minimum atomic E-state index is 0.423. The van der Waals surface area contributed by atoms with Gasteiger partial charge in [0.1, 0.15) is 11.3 Å². The first-order valence-corrected chi connectivity index (χ1v) is 8.42. The fraction of sp³-hybridized carbons (Fsp3) is 0. The number of hydrogen-bond donors (Lipinski definition) is 1. The molecule has 0 unspecified atom stereocenters. The van der Waals surface area contributed by atoms with Gasteiger partial charge in [0, 0.05) is 15.4 Å². The van der Waals surface area contributed by atoms with Crippen LogP contribution in [0, 0.1) is 5.41 Å². The van der Waals surface area contributed by atoms with Gasteiger partial charge >= 0.3 is 0 Å². The van der Waals surface area contributed by atoms with Crippen LogP contribution < -0.4 is 5.49 Å². The van der Waals surface area contributed by atoms with E-state index in [-0.39, 0.29) is 0 Å². The summed E-state index contributed by atoms with van der Waals surface area (Å²) in [6.07, 6.45) is 0. The summed E-state index contributed by atoms with van der Waals surface area (Å²) in [4.78, 5) is 4.85. The van der Waals surface area contributed by atoms with Crippen LogP contribution in [0.3, 0.4) is 0 Å². The van der Waals surface area contributed by atoms with Gasteiger partial charge in [-0.05, 0) is 40.2 Å². The first-order chi connectivity index (χ1) is 11.8. The second-order valence-corrected chi connectivity index (χ2v) is 6.31. The summed E-state index contributed by atoms with van der Waals surface area (Å²) < 4.78 is 2.82. The Morgan fingerprint density at radius 2 is 1.46 bits per heavy atom. The van der Waals surface area contributed by atoms with Crippen LogP contribution in [0.15, 0.2) is 83.3 Å². The summed E-state index contributed by atoms with van der Waals surface area (Å²) in [5, 5.41) is 9.59. The van der Waals surface area contributed by atoms with E-state index < -0.39 is 0 Å². The largest absolute Gasteiger partial charge is 0.283 e. The van der Waals surface area contributed by atoms with Crippen LogP contribution in [0.25, 0.3) is 28.0 Å². The molecule has 0 atom stereocenters.